The first-order valence-corrected chi connectivity index (χ1v) is 11.3. The van der Waals surface area contributed by atoms with Crippen molar-refractivity contribution in [3.63, 3.8) is 0 Å². The van der Waals surface area contributed by atoms with Gasteiger partial charge in [-0.15, -0.1) is 0 Å². The Morgan fingerprint density at radius 3 is 2.61 bits per heavy atom. The maximum Gasteiger partial charge on any atom is 0.324 e. The molecule has 33 heavy (non-hydrogen) atoms. The first kappa shape index (κ1) is 21.4. The van der Waals surface area contributed by atoms with E-state index in [1.807, 2.05) is 48.5 Å². The first-order chi connectivity index (χ1) is 15.8. The Morgan fingerprint density at radius 2 is 1.85 bits per heavy atom. The summed E-state index contributed by atoms with van der Waals surface area (Å²) in [6.45, 7) is 0. The third-order valence-electron chi connectivity index (χ3n) is 7.48. The minimum absolute atomic E-state index is 0.0125. The van der Waals surface area contributed by atoms with Gasteiger partial charge in [-0.25, -0.2) is 0 Å². The zero-order valence-corrected chi connectivity index (χ0v) is 18.5. The first-order valence-electron chi connectivity index (χ1n) is 11.3. The zero-order valence-electron chi connectivity index (χ0n) is 18.5. The van der Waals surface area contributed by atoms with Crippen LogP contribution in [0.25, 0.3) is 10.9 Å². The number of nitrogens with one attached hydrogen (secondary N) is 1. The molecule has 7 heteroatoms. The van der Waals surface area contributed by atoms with E-state index in [2.05, 4.69) is 5.32 Å². The maximum atomic E-state index is 13.2. The van der Waals surface area contributed by atoms with E-state index >= 15 is 0 Å². The van der Waals surface area contributed by atoms with E-state index in [-0.39, 0.29) is 17.7 Å². The number of Topliss-reactive ketones (excluding diaryl/α,β-unsaturated/α-hetero) is 2. The minimum Gasteiger partial charge on any atom is -0.480 e. The van der Waals surface area contributed by atoms with Gasteiger partial charge < -0.3 is 20.7 Å². The molecule has 0 radical (unpaired) electrons. The summed E-state index contributed by atoms with van der Waals surface area (Å²) in [5, 5.41) is 14.6. The molecule has 1 saturated carbocycles. The fourth-order valence-corrected chi connectivity index (χ4v) is 5.87. The third-order valence-corrected chi connectivity index (χ3v) is 7.48. The SMILES string of the molecule is Cn1c(C(=O)C(=O)CC(N)(C(=O)O)C2c3ccccc3N[C@@H]3CCC[C@H]23)cc2ccccc21. The summed E-state index contributed by atoms with van der Waals surface area (Å²) >= 11 is 0. The third kappa shape index (κ3) is 3.35. The van der Waals surface area contributed by atoms with Gasteiger partial charge in [-0.1, -0.05) is 42.8 Å². The van der Waals surface area contributed by atoms with Gasteiger partial charge in [0.25, 0.3) is 0 Å². The number of anilines is 1. The van der Waals surface area contributed by atoms with E-state index in [1.54, 1.807) is 17.7 Å². The van der Waals surface area contributed by atoms with Crippen LogP contribution < -0.4 is 11.1 Å². The van der Waals surface area contributed by atoms with Gasteiger partial charge in [-0.05, 0) is 42.5 Å². The molecular weight excluding hydrogens is 418 g/mol. The van der Waals surface area contributed by atoms with E-state index in [0.29, 0.717) is 0 Å². The number of nitrogens with two attached hydrogens (primary N) is 1. The van der Waals surface area contributed by atoms with Crippen molar-refractivity contribution in [3.8, 4) is 0 Å². The van der Waals surface area contributed by atoms with Gasteiger partial charge in [0.05, 0.1) is 5.69 Å². The number of nitrogens with zero attached hydrogens (tertiary/aromatic N) is 1. The highest BCUT2D eigenvalue weighted by molar-refractivity contribution is 6.44. The van der Waals surface area contributed by atoms with Crippen LogP contribution in [0.1, 0.15) is 47.7 Å². The molecule has 3 aromatic rings. The summed E-state index contributed by atoms with van der Waals surface area (Å²) in [5.41, 5.74) is 7.44. The number of ketones is 2. The molecular formula is C26H27N3O4. The second-order valence-electron chi connectivity index (χ2n) is 9.33. The number of carbonyl (C=O) groups excluding carboxylic acids is 2. The van der Waals surface area contributed by atoms with Gasteiger partial charge >= 0.3 is 5.97 Å². The molecule has 4 N–H and O–H groups in total. The van der Waals surface area contributed by atoms with E-state index < -0.39 is 35.4 Å². The number of fused-ring (bicyclic) bond motifs is 3. The summed E-state index contributed by atoms with van der Waals surface area (Å²) in [4.78, 5) is 39.0. The number of hydrogen-bond donors (Lipinski definition) is 3. The van der Waals surface area contributed by atoms with Crippen molar-refractivity contribution in [2.24, 2.45) is 18.7 Å². The van der Waals surface area contributed by atoms with Crippen LogP contribution in [0.15, 0.2) is 54.6 Å². The monoisotopic (exact) mass is 445 g/mol. The second-order valence-corrected chi connectivity index (χ2v) is 9.33. The summed E-state index contributed by atoms with van der Waals surface area (Å²) < 4.78 is 1.67. The topological polar surface area (TPSA) is 114 Å². The van der Waals surface area contributed by atoms with Crippen LogP contribution in [0.4, 0.5) is 5.69 Å². The van der Waals surface area contributed by atoms with Crippen LogP contribution in [-0.2, 0) is 16.6 Å². The van der Waals surface area contributed by atoms with Crippen molar-refractivity contribution >= 4 is 34.1 Å². The Bertz CT molecular complexity index is 1280. The molecule has 2 aromatic carbocycles. The molecule has 2 unspecified atom stereocenters. The molecule has 0 bridgehead atoms. The van der Waals surface area contributed by atoms with E-state index in [4.69, 9.17) is 5.73 Å². The van der Waals surface area contributed by atoms with Gasteiger partial charge in [0, 0.05) is 42.0 Å². The fraction of sp³-hybridized carbons (Fsp3) is 0.346. The normalized spacial score (nSPS) is 23.3. The molecule has 5 rings (SSSR count). The number of hydrogen-bond acceptors (Lipinski definition) is 5. The van der Waals surface area contributed by atoms with Gasteiger partial charge in [-0.2, -0.15) is 0 Å². The van der Waals surface area contributed by atoms with Crippen LogP contribution in [0, 0.1) is 5.92 Å². The van der Waals surface area contributed by atoms with Gasteiger partial charge in [-0.3, -0.25) is 14.4 Å². The maximum absolute atomic E-state index is 13.2. The van der Waals surface area contributed by atoms with Crippen molar-refractivity contribution in [1.29, 1.82) is 0 Å². The van der Waals surface area contributed by atoms with E-state index in [0.717, 1.165) is 41.4 Å². The van der Waals surface area contributed by atoms with Crippen molar-refractivity contribution in [2.75, 3.05) is 5.32 Å². The largest absolute Gasteiger partial charge is 0.480 e. The molecule has 1 aromatic heterocycles. The Kier molecular flexibility index (Phi) is 5.09. The summed E-state index contributed by atoms with van der Waals surface area (Å²) in [5.74, 6) is -3.33. The standard InChI is InChI=1S/C26H27N3O4/c1-29-20-12-5-2-7-15(20)13-21(29)24(31)22(30)14-26(27,25(32)33)23-16-8-3-4-10-18(16)28-19-11-6-9-17(19)23/h2-5,7-8,10,12-13,17,19,23,28H,6,9,11,14,27H2,1H3,(H,32,33)/t17-,19+,23?,26?/m0/s1. The Labute approximate surface area is 191 Å². The Hall–Kier alpha value is -3.45. The molecule has 0 spiro atoms. The highest BCUT2D eigenvalue weighted by atomic mass is 16.4. The van der Waals surface area contributed by atoms with E-state index in [1.165, 1.54) is 0 Å². The molecule has 4 atom stereocenters. The van der Waals surface area contributed by atoms with Crippen molar-refractivity contribution in [1.82, 2.24) is 4.57 Å². The number of aromatic nitrogens is 1. The summed E-state index contributed by atoms with van der Waals surface area (Å²) in [6.07, 6.45) is 2.17. The molecule has 1 aliphatic heterocycles. The molecule has 170 valence electrons. The molecule has 2 aliphatic rings. The van der Waals surface area contributed by atoms with Crippen LogP contribution in [0.5, 0.6) is 0 Å². The van der Waals surface area contributed by atoms with Gasteiger partial charge in [0.1, 0.15) is 5.54 Å². The zero-order chi connectivity index (χ0) is 23.3. The van der Waals surface area contributed by atoms with Crippen LogP contribution in [0.3, 0.4) is 0 Å². The Balaban J connectivity index is 1.52. The summed E-state index contributed by atoms with van der Waals surface area (Å²) in [6, 6.07) is 16.8. The number of carbonyl (C=O) groups is 3. The number of aryl methyl sites for hydroxylation is 1. The van der Waals surface area contributed by atoms with Crippen LogP contribution in [0.2, 0.25) is 0 Å². The average Bonchev–Trinajstić information content (AvgIpc) is 3.40. The molecule has 0 saturated heterocycles. The van der Waals surface area contributed by atoms with Crippen molar-refractivity contribution in [2.45, 2.75) is 43.2 Å². The lowest BCUT2D eigenvalue weighted by atomic mass is 9.66. The Morgan fingerprint density at radius 1 is 1.12 bits per heavy atom. The van der Waals surface area contributed by atoms with E-state index in [9.17, 15) is 19.5 Å². The molecule has 2 heterocycles. The number of aliphatic carboxylic acids is 1. The molecule has 0 amide bonds. The van der Waals surface area contributed by atoms with Crippen molar-refractivity contribution < 1.29 is 19.5 Å². The summed E-state index contributed by atoms with van der Waals surface area (Å²) in [7, 11) is 1.72. The predicted octanol–water partition coefficient (Wildman–Crippen LogP) is 3.48. The lowest BCUT2D eigenvalue weighted by Gasteiger charge is -2.44. The second kappa shape index (κ2) is 7.85. The van der Waals surface area contributed by atoms with Crippen LogP contribution >= 0.6 is 0 Å². The number of carboxylic acid groups (broad SMARTS) is 1. The highest BCUT2D eigenvalue weighted by Crippen LogP contribution is 2.50. The predicted molar refractivity (Wildman–Crippen MR) is 125 cm³/mol. The lowest BCUT2D eigenvalue weighted by Crippen LogP contribution is -2.59. The molecule has 1 aliphatic carbocycles. The number of carboxylic acids is 1. The molecule has 1 fully saturated rings. The average molecular weight is 446 g/mol. The van der Waals surface area contributed by atoms with Crippen molar-refractivity contribution in [3.05, 3.63) is 65.9 Å². The lowest BCUT2D eigenvalue weighted by molar-refractivity contribution is -0.146. The number of benzene rings is 2. The quantitative estimate of drug-likeness (QED) is 0.395. The van der Waals surface area contributed by atoms with Gasteiger partial charge in [0.2, 0.25) is 11.6 Å². The van der Waals surface area contributed by atoms with Crippen LogP contribution in [-0.4, -0.2) is 38.8 Å². The van der Waals surface area contributed by atoms with Gasteiger partial charge in [0.15, 0.2) is 0 Å². The highest BCUT2D eigenvalue weighted by Gasteiger charge is 2.54. The minimum atomic E-state index is -1.89. The number of rotatable bonds is 6. The molecule has 7 nitrogen and oxygen atoms in total. The smallest absolute Gasteiger partial charge is 0.324 e. The number of para-hydroxylation sites is 2. The fourth-order valence-electron chi connectivity index (χ4n) is 5.87.